The number of hydrogen-bond acceptors (Lipinski definition) is 7. The fourth-order valence-electron chi connectivity index (χ4n) is 2.24. The van der Waals surface area contributed by atoms with Crippen molar-refractivity contribution in [3.63, 3.8) is 0 Å². The Balaban J connectivity index is 2.20. The van der Waals surface area contributed by atoms with Crippen LogP contribution in [-0.2, 0) is 19.1 Å². The van der Waals surface area contributed by atoms with Crippen LogP contribution in [-0.4, -0.2) is 45.3 Å². The molecular formula is C12H13N5O7. The second kappa shape index (κ2) is 6.98. The lowest BCUT2D eigenvalue weighted by molar-refractivity contribution is -0.166. The van der Waals surface area contributed by atoms with E-state index < -0.39 is 48.2 Å². The number of carbonyl (C=O) groups excluding carboxylic acids is 1. The van der Waals surface area contributed by atoms with Gasteiger partial charge < -0.3 is 14.6 Å². The number of carboxylic acid groups (broad SMARTS) is 1. The molecule has 0 bridgehead atoms. The maximum atomic E-state index is 11.9. The molecule has 3 atom stereocenters. The molecule has 12 heteroatoms. The minimum Gasteiger partial charge on any atom is -0.473 e. The molecule has 0 saturated carbocycles. The van der Waals surface area contributed by atoms with E-state index in [1.807, 2.05) is 0 Å². The molecule has 1 aromatic rings. The number of carboxylic acids is 1. The molecule has 0 aromatic carbocycles. The van der Waals surface area contributed by atoms with Crippen LogP contribution in [0.25, 0.3) is 10.4 Å². The van der Waals surface area contributed by atoms with E-state index in [0.717, 1.165) is 4.57 Å². The van der Waals surface area contributed by atoms with Gasteiger partial charge in [-0.1, -0.05) is 5.11 Å². The predicted octanol–water partition coefficient (Wildman–Crippen LogP) is -0.561. The largest absolute Gasteiger partial charge is 0.473 e. The SMILES string of the molecule is Cc1cn([C@H]2C[C@H](N=[N+]=[N-])[C@@H](COC(=O)C(=O)O)O2)c(=O)[nH]c1=O. The number of nitrogens with zero attached hydrogens (tertiary/aromatic N) is 4. The van der Waals surface area contributed by atoms with E-state index in [4.69, 9.17) is 15.4 Å². The van der Waals surface area contributed by atoms with E-state index in [-0.39, 0.29) is 12.0 Å². The number of esters is 1. The number of aromatic amines is 1. The highest BCUT2D eigenvalue weighted by molar-refractivity contribution is 6.28. The number of aromatic nitrogens is 2. The van der Waals surface area contributed by atoms with Gasteiger partial charge in [0.15, 0.2) is 0 Å². The molecular weight excluding hydrogens is 326 g/mol. The maximum absolute atomic E-state index is 11.9. The number of aryl methyl sites for hydroxylation is 1. The molecule has 24 heavy (non-hydrogen) atoms. The predicted molar refractivity (Wildman–Crippen MR) is 76.1 cm³/mol. The molecule has 2 N–H and O–H groups in total. The molecule has 0 spiro atoms. The topological polar surface area (TPSA) is 176 Å². The maximum Gasteiger partial charge on any atom is 0.417 e. The summed E-state index contributed by atoms with van der Waals surface area (Å²) in [6, 6.07) is -0.777. The fourth-order valence-corrected chi connectivity index (χ4v) is 2.24. The van der Waals surface area contributed by atoms with Crippen molar-refractivity contribution in [2.24, 2.45) is 5.11 Å². The molecule has 0 aliphatic carbocycles. The summed E-state index contributed by atoms with van der Waals surface area (Å²) in [4.78, 5) is 49.4. The van der Waals surface area contributed by atoms with Gasteiger partial charge in [-0.2, -0.15) is 0 Å². The van der Waals surface area contributed by atoms with Gasteiger partial charge in [0.25, 0.3) is 5.56 Å². The number of nitrogens with one attached hydrogen (secondary N) is 1. The highest BCUT2D eigenvalue weighted by Crippen LogP contribution is 2.30. The molecule has 1 fully saturated rings. The van der Waals surface area contributed by atoms with Gasteiger partial charge in [-0.15, -0.1) is 0 Å². The summed E-state index contributed by atoms with van der Waals surface area (Å²) in [7, 11) is 0. The number of H-pyrrole nitrogens is 1. The zero-order chi connectivity index (χ0) is 17.9. The van der Waals surface area contributed by atoms with Gasteiger partial charge in [0.2, 0.25) is 0 Å². The third kappa shape index (κ3) is 3.62. The first-order valence-corrected chi connectivity index (χ1v) is 6.75. The number of azide groups is 1. The number of hydrogen-bond donors (Lipinski definition) is 2. The third-order valence-corrected chi connectivity index (χ3v) is 3.41. The van der Waals surface area contributed by atoms with Gasteiger partial charge in [-0.3, -0.25) is 14.3 Å². The lowest BCUT2D eigenvalue weighted by Crippen LogP contribution is -2.33. The Morgan fingerprint density at radius 1 is 1.58 bits per heavy atom. The molecule has 1 aromatic heterocycles. The van der Waals surface area contributed by atoms with Crippen molar-refractivity contribution in [2.75, 3.05) is 6.61 Å². The Morgan fingerprint density at radius 3 is 2.92 bits per heavy atom. The number of carbonyl (C=O) groups is 2. The average Bonchev–Trinajstić information content (AvgIpc) is 2.91. The molecule has 1 saturated heterocycles. The Morgan fingerprint density at radius 2 is 2.29 bits per heavy atom. The van der Waals surface area contributed by atoms with E-state index in [2.05, 4.69) is 19.7 Å². The van der Waals surface area contributed by atoms with Crippen LogP contribution in [0.5, 0.6) is 0 Å². The van der Waals surface area contributed by atoms with Gasteiger partial charge in [0.1, 0.15) is 18.9 Å². The summed E-state index contributed by atoms with van der Waals surface area (Å²) in [5.41, 5.74) is 7.62. The standard InChI is InChI=1S/C12H13N5O7/c1-5-3-17(12(22)14-9(5)18)8-2-6(15-16-13)7(24-8)4-23-11(21)10(19)20/h3,6-8H,2,4H2,1H3,(H,19,20)(H,14,18,22)/t6-,7+,8+/m0/s1. The second-order valence-corrected chi connectivity index (χ2v) is 5.02. The number of rotatable bonds is 4. The van der Waals surface area contributed by atoms with Crippen molar-refractivity contribution in [1.82, 2.24) is 9.55 Å². The lowest BCUT2D eigenvalue weighted by Gasteiger charge is -2.16. The first-order valence-electron chi connectivity index (χ1n) is 6.75. The van der Waals surface area contributed by atoms with Gasteiger partial charge in [0, 0.05) is 23.1 Å². The molecule has 0 amide bonds. The summed E-state index contributed by atoms with van der Waals surface area (Å²) >= 11 is 0. The Hall–Kier alpha value is -3.11. The van der Waals surface area contributed by atoms with Gasteiger partial charge in [0.05, 0.1) is 6.04 Å². The van der Waals surface area contributed by atoms with Gasteiger partial charge in [-0.05, 0) is 12.5 Å². The molecule has 0 unspecified atom stereocenters. The summed E-state index contributed by atoms with van der Waals surface area (Å²) in [5, 5.41) is 12.0. The summed E-state index contributed by atoms with van der Waals surface area (Å²) in [5.74, 6) is -3.24. The van der Waals surface area contributed by atoms with Crippen LogP contribution in [0.1, 0.15) is 18.2 Å². The highest BCUT2D eigenvalue weighted by Gasteiger charge is 2.37. The first-order chi connectivity index (χ1) is 11.3. The van der Waals surface area contributed by atoms with Crippen LogP contribution >= 0.6 is 0 Å². The summed E-state index contributed by atoms with van der Waals surface area (Å²) in [6.45, 7) is 1.04. The molecule has 2 rings (SSSR count). The van der Waals surface area contributed by atoms with Crippen molar-refractivity contribution in [3.05, 3.63) is 43.0 Å². The molecule has 0 radical (unpaired) electrons. The molecule has 12 nitrogen and oxygen atoms in total. The van der Waals surface area contributed by atoms with Crippen LogP contribution in [0, 0.1) is 6.92 Å². The van der Waals surface area contributed by atoms with Crippen LogP contribution in [0.4, 0.5) is 0 Å². The minimum atomic E-state index is -1.77. The quantitative estimate of drug-likeness (QED) is 0.243. The highest BCUT2D eigenvalue weighted by atomic mass is 16.6. The Labute approximate surface area is 133 Å². The van der Waals surface area contributed by atoms with Crippen LogP contribution in [0.2, 0.25) is 0 Å². The molecule has 2 heterocycles. The van der Waals surface area contributed by atoms with Gasteiger partial charge >= 0.3 is 17.6 Å². The molecule has 1 aliphatic rings. The van der Waals surface area contributed by atoms with Crippen molar-refractivity contribution in [1.29, 1.82) is 0 Å². The third-order valence-electron chi connectivity index (χ3n) is 3.41. The number of ether oxygens (including phenoxy) is 2. The van der Waals surface area contributed by atoms with E-state index in [1.54, 1.807) is 0 Å². The fraction of sp³-hybridized carbons (Fsp3) is 0.500. The Kier molecular flexibility index (Phi) is 5.02. The molecule has 1 aliphatic heterocycles. The first kappa shape index (κ1) is 17.2. The van der Waals surface area contributed by atoms with E-state index in [9.17, 15) is 19.2 Å². The smallest absolute Gasteiger partial charge is 0.417 e. The summed E-state index contributed by atoms with van der Waals surface area (Å²) in [6.07, 6.45) is -0.402. The van der Waals surface area contributed by atoms with Crippen LogP contribution in [0.3, 0.4) is 0 Å². The van der Waals surface area contributed by atoms with E-state index in [1.165, 1.54) is 13.1 Å². The normalized spacial score (nSPS) is 22.6. The van der Waals surface area contributed by atoms with Crippen LogP contribution in [0.15, 0.2) is 20.9 Å². The number of aliphatic carboxylic acids is 1. The summed E-state index contributed by atoms with van der Waals surface area (Å²) < 4.78 is 11.2. The Bertz CT molecular complexity index is 822. The van der Waals surface area contributed by atoms with Crippen molar-refractivity contribution < 1.29 is 24.2 Å². The monoisotopic (exact) mass is 339 g/mol. The van der Waals surface area contributed by atoms with Crippen molar-refractivity contribution >= 4 is 11.9 Å². The second-order valence-electron chi connectivity index (χ2n) is 5.02. The van der Waals surface area contributed by atoms with E-state index >= 15 is 0 Å². The van der Waals surface area contributed by atoms with E-state index in [0.29, 0.717) is 0 Å². The zero-order valence-corrected chi connectivity index (χ0v) is 12.4. The lowest BCUT2D eigenvalue weighted by atomic mass is 10.1. The van der Waals surface area contributed by atoms with Crippen LogP contribution < -0.4 is 11.2 Å². The van der Waals surface area contributed by atoms with Crippen molar-refractivity contribution in [3.8, 4) is 0 Å². The minimum absolute atomic E-state index is 0.0880. The zero-order valence-electron chi connectivity index (χ0n) is 12.4. The van der Waals surface area contributed by atoms with Gasteiger partial charge in [-0.25, -0.2) is 14.4 Å². The molecule has 128 valence electrons. The average molecular weight is 339 g/mol. The van der Waals surface area contributed by atoms with Crippen molar-refractivity contribution in [2.45, 2.75) is 31.7 Å².